The molecular formula is C12H9ClN4OS. The van der Waals surface area contributed by atoms with Crippen molar-refractivity contribution in [3.8, 4) is 11.8 Å². The highest BCUT2D eigenvalue weighted by molar-refractivity contribution is 7.07. The number of hydrogen-bond donors (Lipinski definition) is 2. The van der Waals surface area contributed by atoms with E-state index in [0.29, 0.717) is 21.2 Å². The number of nitrogens with one attached hydrogen (secondary N) is 1. The van der Waals surface area contributed by atoms with Crippen LogP contribution in [0.1, 0.15) is 15.2 Å². The van der Waals surface area contributed by atoms with Crippen LogP contribution in [-0.2, 0) is 0 Å². The highest BCUT2D eigenvalue weighted by atomic mass is 35.5. The van der Waals surface area contributed by atoms with Gasteiger partial charge in [0.05, 0.1) is 17.8 Å². The SMILES string of the molecule is NCC#Cc1cc(NC(=O)c2cnns2)ccc1Cl. The molecule has 96 valence electrons. The highest BCUT2D eigenvalue weighted by Crippen LogP contribution is 2.20. The van der Waals surface area contributed by atoms with E-state index in [1.807, 2.05) is 0 Å². The Balaban J connectivity index is 2.19. The molecule has 2 rings (SSSR count). The fourth-order valence-corrected chi connectivity index (χ4v) is 1.88. The van der Waals surface area contributed by atoms with Crippen LogP contribution in [0, 0.1) is 11.8 Å². The number of aromatic nitrogens is 2. The quantitative estimate of drug-likeness (QED) is 0.826. The Morgan fingerprint density at radius 3 is 3.05 bits per heavy atom. The van der Waals surface area contributed by atoms with Gasteiger partial charge in [-0.25, -0.2) is 0 Å². The van der Waals surface area contributed by atoms with Gasteiger partial charge in [0.1, 0.15) is 4.88 Å². The number of rotatable bonds is 2. The number of hydrogen-bond acceptors (Lipinski definition) is 5. The summed E-state index contributed by atoms with van der Waals surface area (Å²) >= 11 is 7.02. The molecule has 0 unspecified atom stereocenters. The standard InChI is InChI=1S/C12H9ClN4OS/c13-10-4-3-9(6-8(10)2-1-5-14)16-12(18)11-7-15-17-19-11/h3-4,6-7H,5,14H2,(H,16,18). The summed E-state index contributed by atoms with van der Waals surface area (Å²) in [6.45, 7) is 0.249. The number of carbonyl (C=O) groups is 1. The van der Waals surface area contributed by atoms with Crippen molar-refractivity contribution in [1.82, 2.24) is 9.59 Å². The molecule has 0 atom stereocenters. The van der Waals surface area contributed by atoms with Crippen LogP contribution in [0.3, 0.4) is 0 Å². The summed E-state index contributed by atoms with van der Waals surface area (Å²) in [5, 5.41) is 6.84. The molecule has 0 spiro atoms. The van der Waals surface area contributed by atoms with Crippen LogP contribution in [-0.4, -0.2) is 22.0 Å². The third-order valence-electron chi connectivity index (χ3n) is 2.13. The number of anilines is 1. The van der Waals surface area contributed by atoms with E-state index in [9.17, 15) is 4.79 Å². The first kappa shape index (κ1) is 13.5. The molecule has 0 aliphatic carbocycles. The molecule has 2 aromatic rings. The van der Waals surface area contributed by atoms with Crippen LogP contribution in [0.2, 0.25) is 5.02 Å². The van der Waals surface area contributed by atoms with Gasteiger partial charge in [0.2, 0.25) is 0 Å². The van der Waals surface area contributed by atoms with E-state index in [4.69, 9.17) is 17.3 Å². The molecule has 19 heavy (non-hydrogen) atoms. The number of benzene rings is 1. The normalized spacial score (nSPS) is 9.58. The minimum absolute atomic E-state index is 0.249. The topological polar surface area (TPSA) is 80.9 Å². The maximum atomic E-state index is 11.8. The lowest BCUT2D eigenvalue weighted by Gasteiger charge is -2.04. The highest BCUT2D eigenvalue weighted by Gasteiger charge is 2.09. The number of nitrogens with two attached hydrogens (primary N) is 1. The van der Waals surface area contributed by atoms with Crippen LogP contribution in [0.15, 0.2) is 24.4 Å². The van der Waals surface area contributed by atoms with Crippen molar-refractivity contribution < 1.29 is 4.79 Å². The first-order chi connectivity index (χ1) is 9.20. The predicted octanol–water partition coefficient (Wildman–Crippen LogP) is 1.75. The zero-order chi connectivity index (χ0) is 13.7. The van der Waals surface area contributed by atoms with Crippen LogP contribution in [0.5, 0.6) is 0 Å². The predicted molar refractivity (Wildman–Crippen MR) is 75.2 cm³/mol. The summed E-state index contributed by atoms with van der Waals surface area (Å²) in [6, 6.07) is 5.06. The van der Waals surface area contributed by atoms with Gasteiger partial charge in [0, 0.05) is 11.3 Å². The smallest absolute Gasteiger partial charge is 0.269 e. The van der Waals surface area contributed by atoms with Crippen molar-refractivity contribution in [1.29, 1.82) is 0 Å². The van der Waals surface area contributed by atoms with Crippen molar-refractivity contribution in [2.45, 2.75) is 0 Å². The van der Waals surface area contributed by atoms with Gasteiger partial charge in [-0.15, -0.1) is 5.10 Å². The molecule has 0 saturated carbocycles. The Morgan fingerprint density at radius 2 is 2.37 bits per heavy atom. The minimum Gasteiger partial charge on any atom is -0.321 e. The lowest BCUT2D eigenvalue weighted by molar-refractivity contribution is 0.103. The summed E-state index contributed by atoms with van der Waals surface area (Å²) in [6.07, 6.45) is 1.41. The molecule has 3 N–H and O–H groups in total. The summed E-state index contributed by atoms with van der Waals surface area (Å²) < 4.78 is 3.63. The molecule has 1 aromatic carbocycles. The van der Waals surface area contributed by atoms with Gasteiger partial charge in [-0.1, -0.05) is 27.9 Å². The zero-order valence-corrected chi connectivity index (χ0v) is 11.3. The van der Waals surface area contributed by atoms with Gasteiger partial charge in [0.25, 0.3) is 5.91 Å². The Labute approximate surface area is 118 Å². The Morgan fingerprint density at radius 1 is 1.53 bits per heavy atom. The van der Waals surface area contributed by atoms with Crippen LogP contribution < -0.4 is 11.1 Å². The third-order valence-corrected chi connectivity index (χ3v) is 3.13. The summed E-state index contributed by atoms with van der Waals surface area (Å²) in [5.74, 6) is 5.29. The molecular weight excluding hydrogens is 284 g/mol. The second-order valence-corrected chi connectivity index (χ2v) is 4.63. The Bertz CT molecular complexity index is 645. The number of nitrogens with zero attached hydrogens (tertiary/aromatic N) is 2. The van der Waals surface area contributed by atoms with Gasteiger partial charge in [-0.2, -0.15) is 0 Å². The van der Waals surface area contributed by atoms with E-state index < -0.39 is 0 Å². The van der Waals surface area contributed by atoms with E-state index in [1.54, 1.807) is 18.2 Å². The minimum atomic E-state index is -0.268. The third kappa shape index (κ3) is 3.51. The average molecular weight is 293 g/mol. The van der Waals surface area contributed by atoms with E-state index in [1.165, 1.54) is 6.20 Å². The average Bonchev–Trinajstić information content (AvgIpc) is 2.93. The summed E-state index contributed by atoms with van der Waals surface area (Å²) in [5.41, 5.74) is 6.53. The van der Waals surface area contributed by atoms with Crippen molar-refractivity contribution in [3.05, 3.63) is 39.9 Å². The van der Waals surface area contributed by atoms with Crippen molar-refractivity contribution >= 4 is 34.7 Å². The largest absolute Gasteiger partial charge is 0.321 e. The molecule has 0 fully saturated rings. The molecule has 7 heteroatoms. The second kappa shape index (κ2) is 6.29. The fourth-order valence-electron chi connectivity index (χ4n) is 1.30. The zero-order valence-electron chi connectivity index (χ0n) is 9.68. The first-order valence-corrected chi connectivity index (χ1v) is 6.43. The van der Waals surface area contributed by atoms with Gasteiger partial charge >= 0.3 is 0 Å². The van der Waals surface area contributed by atoms with Crippen molar-refractivity contribution in [2.75, 3.05) is 11.9 Å². The molecule has 0 aliphatic heterocycles. The molecule has 0 radical (unpaired) electrons. The van der Waals surface area contributed by atoms with Crippen molar-refractivity contribution in [3.63, 3.8) is 0 Å². The van der Waals surface area contributed by atoms with Crippen molar-refractivity contribution in [2.24, 2.45) is 5.73 Å². The summed E-state index contributed by atoms with van der Waals surface area (Å²) in [7, 11) is 0. The molecule has 1 heterocycles. The molecule has 0 aliphatic rings. The van der Waals surface area contributed by atoms with Crippen LogP contribution >= 0.6 is 23.1 Å². The number of halogens is 1. The first-order valence-electron chi connectivity index (χ1n) is 5.28. The lowest BCUT2D eigenvalue weighted by atomic mass is 10.2. The Hall–Kier alpha value is -1.94. The molecule has 5 nitrogen and oxygen atoms in total. The van der Waals surface area contributed by atoms with E-state index in [2.05, 4.69) is 26.7 Å². The van der Waals surface area contributed by atoms with Gasteiger partial charge < -0.3 is 11.1 Å². The van der Waals surface area contributed by atoms with Crippen LogP contribution in [0.25, 0.3) is 0 Å². The number of amides is 1. The van der Waals surface area contributed by atoms with Gasteiger partial charge in [-0.3, -0.25) is 4.79 Å². The van der Waals surface area contributed by atoms with E-state index >= 15 is 0 Å². The lowest BCUT2D eigenvalue weighted by Crippen LogP contribution is -2.10. The number of carbonyl (C=O) groups excluding carboxylic acids is 1. The monoisotopic (exact) mass is 292 g/mol. The Kier molecular flexibility index (Phi) is 4.47. The fraction of sp³-hybridized carbons (Fsp3) is 0.0833. The second-order valence-electron chi connectivity index (χ2n) is 3.44. The molecule has 1 aromatic heterocycles. The molecule has 0 saturated heterocycles. The maximum absolute atomic E-state index is 11.8. The van der Waals surface area contributed by atoms with Crippen LogP contribution in [0.4, 0.5) is 5.69 Å². The maximum Gasteiger partial charge on any atom is 0.269 e. The summed E-state index contributed by atoms with van der Waals surface area (Å²) in [4.78, 5) is 12.3. The van der Waals surface area contributed by atoms with Gasteiger partial charge in [-0.05, 0) is 29.7 Å². The van der Waals surface area contributed by atoms with E-state index in [0.717, 1.165) is 11.5 Å². The molecule has 1 amide bonds. The molecule has 0 bridgehead atoms. The van der Waals surface area contributed by atoms with Gasteiger partial charge in [0.15, 0.2) is 0 Å². The van der Waals surface area contributed by atoms with E-state index in [-0.39, 0.29) is 12.5 Å².